The molecular formula is C12H18N4O2S. The Morgan fingerprint density at radius 3 is 2.58 bits per heavy atom. The number of nitrogens with zero attached hydrogens (tertiary/aromatic N) is 4. The maximum absolute atomic E-state index is 12.3. The van der Waals surface area contributed by atoms with Crippen LogP contribution in [0.1, 0.15) is 29.8 Å². The fraction of sp³-hybridized carbons (Fsp3) is 0.667. The van der Waals surface area contributed by atoms with Crippen molar-refractivity contribution in [3.8, 4) is 0 Å². The number of aryl methyl sites for hydroxylation is 1. The third-order valence-corrected chi connectivity index (χ3v) is 4.32. The number of aromatic nitrogens is 2. The minimum atomic E-state index is -0.647. The first-order chi connectivity index (χ1) is 9.03. The Hall–Kier alpha value is -1.50. The first-order valence-electron chi connectivity index (χ1n) is 6.30. The highest BCUT2D eigenvalue weighted by Crippen LogP contribution is 2.43. The van der Waals surface area contributed by atoms with E-state index in [1.807, 2.05) is 13.8 Å². The molecular weight excluding hydrogens is 264 g/mol. The predicted octanol–water partition coefficient (Wildman–Crippen LogP) is 0.816. The van der Waals surface area contributed by atoms with Crippen LogP contribution in [0.25, 0.3) is 0 Å². The van der Waals surface area contributed by atoms with Crippen LogP contribution in [0, 0.1) is 6.92 Å². The van der Waals surface area contributed by atoms with E-state index in [1.54, 1.807) is 16.8 Å². The van der Waals surface area contributed by atoms with Gasteiger partial charge in [-0.2, -0.15) is 0 Å². The van der Waals surface area contributed by atoms with E-state index in [-0.39, 0.29) is 5.91 Å². The highest BCUT2D eigenvalue weighted by atomic mass is 32.1. The number of rotatable bonds is 6. The Labute approximate surface area is 116 Å². The molecule has 0 N–H and O–H groups in total. The van der Waals surface area contributed by atoms with Gasteiger partial charge >= 0.3 is 0 Å². The summed E-state index contributed by atoms with van der Waals surface area (Å²) in [6.45, 7) is 4.80. The predicted molar refractivity (Wildman–Crippen MR) is 71.5 cm³/mol. The first-order valence-corrected chi connectivity index (χ1v) is 7.11. The average molecular weight is 282 g/mol. The summed E-state index contributed by atoms with van der Waals surface area (Å²) in [5, 5.41) is 9.58. The molecule has 0 unspecified atom stereocenters. The summed E-state index contributed by atoms with van der Waals surface area (Å²) in [6.07, 6.45) is 2.21. The zero-order chi connectivity index (χ0) is 14.0. The van der Waals surface area contributed by atoms with E-state index < -0.39 is 5.54 Å². The van der Waals surface area contributed by atoms with Crippen LogP contribution in [0.15, 0.2) is 0 Å². The zero-order valence-electron chi connectivity index (χ0n) is 11.4. The van der Waals surface area contributed by atoms with E-state index in [0.29, 0.717) is 13.1 Å². The monoisotopic (exact) mass is 282 g/mol. The Bertz CT molecular complexity index is 484. The number of amides is 2. The van der Waals surface area contributed by atoms with Gasteiger partial charge < -0.3 is 9.80 Å². The van der Waals surface area contributed by atoms with Gasteiger partial charge in [0.25, 0.3) is 0 Å². The Kier molecular flexibility index (Phi) is 3.84. The molecule has 6 nitrogen and oxygen atoms in total. The van der Waals surface area contributed by atoms with E-state index >= 15 is 0 Å². The summed E-state index contributed by atoms with van der Waals surface area (Å²) in [4.78, 5) is 26.9. The summed E-state index contributed by atoms with van der Waals surface area (Å²) < 4.78 is 0. The molecule has 7 heteroatoms. The molecule has 1 heterocycles. The molecule has 1 aromatic heterocycles. The fourth-order valence-electron chi connectivity index (χ4n) is 2.08. The summed E-state index contributed by atoms with van der Waals surface area (Å²) in [5.74, 6) is 0.0170. The quantitative estimate of drug-likeness (QED) is 0.724. The SMILES string of the molecule is CCN(C)C(=O)C1(N(C=O)Cc2nnc(C)s2)CC1. The van der Waals surface area contributed by atoms with Crippen molar-refractivity contribution in [2.45, 2.75) is 38.8 Å². The van der Waals surface area contributed by atoms with Crippen LogP contribution >= 0.6 is 11.3 Å². The second-order valence-corrected chi connectivity index (χ2v) is 6.07. The van der Waals surface area contributed by atoms with Crippen molar-refractivity contribution < 1.29 is 9.59 Å². The van der Waals surface area contributed by atoms with Gasteiger partial charge in [0.1, 0.15) is 15.6 Å². The van der Waals surface area contributed by atoms with Gasteiger partial charge in [-0.25, -0.2) is 0 Å². The molecule has 1 aliphatic rings. The van der Waals surface area contributed by atoms with Crippen molar-refractivity contribution in [3.63, 3.8) is 0 Å². The maximum Gasteiger partial charge on any atom is 0.248 e. The van der Waals surface area contributed by atoms with E-state index in [0.717, 1.165) is 29.3 Å². The number of hydrogen-bond acceptors (Lipinski definition) is 5. The molecule has 0 aromatic carbocycles. The molecule has 1 fully saturated rings. The first kappa shape index (κ1) is 13.9. The van der Waals surface area contributed by atoms with Gasteiger partial charge in [-0.15, -0.1) is 10.2 Å². The fourth-order valence-corrected chi connectivity index (χ4v) is 2.79. The molecule has 0 radical (unpaired) electrons. The van der Waals surface area contributed by atoms with E-state index in [2.05, 4.69) is 10.2 Å². The summed E-state index contributed by atoms with van der Waals surface area (Å²) >= 11 is 1.45. The van der Waals surface area contributed by atoms with Gasteiger partial charge in [0.15, 0.2) is 0 Å². The lowest BCUT2D eigenvalue weighted by Crippen LogP contribution is -2.48. The van der Waals surface area contributed by atoms with Crippen molar-refractivity contribution in [3.05, 3.63) is 10.0 Å². The Balaban J connectivity index is 2.13. The van der Waals surface area contributed by atoms with Crippen LogP contribution in [-0.2, 0) is 16.1 Å². The molecule has 0 atom stereocenters. The van der Waals surface area contributed by atoms with Gasteiger partial charge in [0.05, 0.1) is 6.54 Å². The molecule has 104 valence electrons. The van der Waals surface area contributed by atoms with Gasteiger partial charge in [0, 0.05) is 13.6 Å². The third kappa shape index (κ3) is 2.60. The van der Waals surface area contributed by atoms with Gasteiger partial charge in [-0.3, -0.25) is 9.59 Å². The largest absolute Gasteiger partial charge is 0.344 e. The highest BCUT2D eigenvalue weighted by Gasteiger charge is 2.55. The summed E-state index contributed by atoms with van der Waals surface area (Å²) in [7, 11) is 1.76. The second kappa shape index (κ2) is 5.24. The Morgan fingerprint density at radius 2 is 2.16 bits per heavy atom. The molecule has 0 bridgehead atoms. The van der Waals surface area contributed by atoms with Gasteiger partial charge in [0.2, 0.25) is 12.3 Å². The maximum atomic E-state index is 12.3. The van der Waals surface area contributed by atoms with Crippen LogP contribution in [-0.4, -0.2) is 51.4 Å². The van der Waals surface area contributed by atoms with Crippen LogP contribution < -0.4 is 0 Å². The normalized spacial score (nSPS) is 15.9. The minimum absolute atomic E-state index is 0.0170. The molecule has 19 heavy (non-hydrogen) atoms. The van der Waals surface area contributed by atoms with Crippen LogP contribution in [0.2, 0.25) is 0 Å². The standard InChI is InChI=1S/C12H18N4O2S/c1-4-15(3)11(18)12(5-6-12)16(8-17)7-10-14-13-9(2)19-10/h8H,4-7H2,1-3H3. The minimum Gasteiger partial charge on any atom is -0.344 e. The lowest BCUT2D eigenvalue weighted by atomic mass is 10.2. The third-order valence-electron chi connectivity index (χ3n) is 3.49. The number of carbonyl (C=O) groups is 2. The zero-order valence-corrected chi connectivity index (χ0v) is 12.2. The van der Waals surface area contributed by atoms with Crippen molar-refractivity contribution >= 4 is 23.7 Å². The lowest BCUT2D eigenvalue weighted by molar-refractivity contribution is -0.142. The number of hydrogen-bond donors (Lipinski definition) is 0. The second-order valence-electron chi connectivity index (χ2n) is 4.80. The summed E-state index contributed by atoms with van der Waals surface area (Å²) in [5.41, 5.74) is -0.647. The average Bonchev–Trinajstić information content (AvgIpc) is 3.12. The van der Waals surface area contributed by atoms with E-state index in [4.69, 9.17) is 0 Å². The molecule has 1 aromatic rings. The van der Waals surface area contributed by atoms with E-state index in [1.165, 1.54) is 11.3 Å². The molecule has 0 spiro atoms. The van der Waals surface area contributed by atoms with Crippen LogP contribution in [0.4, 0.5) is 0 Å². The molecule has 2 amide bonds. The lowest BCUT2D eigenvalue weighted by Gasteiger charge is -2.29. The molecule has 1 saturated carbocycles. The summed E-state index contributed by atoms with van der Waals surface area (Å²) in [6, 6.07) is 0. The topological polar surface area (TPSA) is 66.4 Å². The van der Waals surface area contributed by atoms with Crippen molar-refractivity contribution in [2.75, 3.05) is 13.6 Å². The van der Waals surface area contributed by atoms with Gasteiger partial charge in [-0.1, -0.05) is 11.3 Å². The smallest absolute Gasteiger partial charge is 0.248 e. The molecule has 0 saturated heterocycles. The van der Waals surface area contributed by atoms with Crippen LogP contribution in [0.3, 0.4) is 0 Å². The van der Waals surface area contributed by atoms with Crippen molar-refractivity contribution in [1.82, 2.24) is 20.0 Å². The number of carbonyl (C=O) groups excluding carboxylic acids is 2. The molecule has 1 aliphatic carbocycles. The Morgan fingerprint density at radius 1 is 1.47 bits per heavy atom. The van der Waals surface area contributed by atoms with Crippen LogP contribution in [0.5, 0.6) is 0 Å². The van der Waals surface area contributed by atoms with Gasteiger partial charge in [-0.05, 0) is 26.7 Å². The highest BCUT2D eigenvalue weighted by molar-refractivity contribution is 7.11. The molecule has 0 aliphatic heterocycles. The van der Waals surface area contributed by atoms with Crippen molar-refractivity contribution in [1.29, 1.82) is 0 Å². The molecule has 2 rings (SSSR count). The van der Waals surface area contributed by atoms with Crippen molar-refractivity contribution in [2.24, 2.45) is 0 Å². The van der Waals surface area contributed by atoms with E-state index in [9.17, 15) is 9.59 Å². The number of likely N-dealkylation sites (N-methyl/N-ethyl adjacent to an activating group) is 1.